The summed E-state index contributed by atoms with van der Waals surface area (Å²) in [6.07, 6.45) is 40.1. The van der Waals surface area contributed by atoms with Gasteiger partial charge in [-0.15, -0.1) is 0 Å². The van der Waals surface area contributed by atoms with Crippen LogP contribution in [0.1, 0.15) is 219 Å². The second-order valence-electron chi connectivity index (χ2n) is 17.9. The monoisotopic (exact) mass is 893 g/mol. The van der Waals surface area contributed by atoms with Crippen LogP contribution in [-0.4, -0.2) is 75.0 Å². The maximum Gasteiger partial charge on any atom is 0.298 e. The third-order valence-corrected chi connectivity index (χ3v) is 12.9. The first-order chi connectivity index (χ1) is 30.3. The largest absolute Gasteiger partial charge is 0.491 e. The molecule has 2 atom stereocenters. The highest BCUT2D eigenvalue weighted by atomic mass is 32.2. The lowest BCUT2D eigenvalue weighted by Crippen LogP contribution is -2.24. The summed E-state index contributed by atoms with van der Waals surface area (Å²) in [7, 11) is -4.70. The molecule has 2 aromatic rings. The molecular formula is C52H92O9S. The number of fused-ring (bicyclic) bond motifs is 1. The van der Waals surface area contributed by atoms with Crippen molar-refractivity contribution < 1.29 is 42.1 Å². The van der Waals surface area contributed by atoms with Gasteiger partial charge >= 0.3 is 0 Å². The number of hydrogen-bond donors (Lipinski definition) is 3. The Morgan fingerprint density at radius 2 is 0.790 bits per heavy atom. The molecule has 0 heterocycles. The predicted molar refractivity (Wildman–Crippen MR) is 257 cm³/mol. The van der Waals surface area contributed by atoms with Gasteiger partial charge in [0.1, 0.15) is 41.8 Å². The molecule has 0 fully saturated rings. The second kappa shape index (κ2) is 38.3. The van der Waals surface area contributed by atoms with E-state index in [1.165, 1.54) is 192 Å². The molecule has 9 nitrogen and oxygen atoms in total. The van der Waals surface area contributed by atoms with E-state index in [9.17, 15) is 23.2 Å². The van der Waals surface area contributed by atoms with Crippen LogP contribution in [0.15, 0.2) is 35.2 Å². The Morgan fingerprint density at radius 3 is 1.16 bits per heavy atom. The molecular weight excluding hydrogens is 801 g/mol. The van der Waals surface area contributed by atoms with Gasteiger partial charge < -0.3 is 29.2 Å². The number of hydrogen-bond acceptors (Lipinski definition) is 8. The Kier molecular flexibility index (Phi) is 34.7. The minimum absolute atomic E-state index is 0.0342. The van der Waals surface area contributed by atoms with Crippen LogP contribution in [0.25, 0.3) is 10.8 Å². The highest BCUT2D eigenvalue weighted by molar-refractivity contribution is 7.86. The number of unbranched alkanes of at least 4 members (excludes halogenated alkanes) is 30. The third kappa shape index (κ3) is 29.5. The predicted octanol–water partition coefficient (Wildman–Crippen LogP) is 14.1. The van der Waals surface area contributed by atoms with Crippen molar-refractivity contribution in [3.8, 4) is 11.5 Å². The molecule has 0 amide bonds. The van der Waals surface area contributed by atoms with E-state index in [-0.39, 0.29) is 37.6 Å². The summed E-state index contributed by atoms with van der Waals surface area (Å²) in [5.74, 6) is 0.260. The molecule has 0 aliphatic carbocycles. The first-order valence-corrected chi connectivity index (χ1v) is 27.0. The Bertz CT molecular complexity index is 1430. The van der Waals surface area contributed by atoms with Gasteiger partial charge in [0.25, 0.3) is 10.1 Å². The smallest absolute Gasteiger partial charge is 0.298 e. The standard InChI is InChI=1S/C52H92O9S/c1-3-5-7-9-11-13-15-17-19-21-23-25-27-29-31-33-39-58-42-47(53)44-60-49-37-35-46-36-38-51(52(50(46)41-49)62(55,56)57)61-45-48(54)43-59-40-34-32-30-28-26-24-22-20-18-16-14-12-10-8-6-4-2/h35-38,41,47-48,53-54H,3-34,39-40,42-45H2,1-2H3,(H,55,56,57). The zero-order valence-electron chi connectivity index (χ0n) is 39.6. The van der Waals surface area contributed by atoms with Crippen LogP contribution in [0.2, 0.25) is 0 Å². The van der Waals surface area contributed by atoms with E-state index in [4.69, 9.17) is 18.9 Å². The Morgan fingerprint density at radius 1 is 0.452 bits per heavy atom. The van der Waals surface area contributed by atoms with Gasteiger partial charge in [-0.3, -0.25) is 4.55 Å². The van der Waals surface area contributed by atoms with Gasteiger partial charge in [-0.05, 0) is 36.4 Å². The molecule has 0 saturated heterocycles. The normalized spacial score (nSPS) is 12.9. The average molecular weight is 893 g/mol. The van der Waals surface area contributed by atoms with E-state index < -0.39 is 27.2 Å². The van der Waals surface area contributed by atoms with Crippen LogP contribution in [-0.2, 0) is 19.6 Å². The van der Waals surface area contributed by atoms with Crippen molar-refractivity contribution in [1.82, 2.24) is 0 Å². The fourth-order valence-corrected chi connectivity index (χ4v) is 8.97. The molecule has 2 rings (SSSR count). The van der Waals surface area contributed by atoms with Gasteiger partial charge in [-0.25, -0.2) is 0 Å². The first-order valence-electron chi connectivity index (χ1n) is 25.6. The summed E-state index contributed by atoms with van der Waals surface area (Å²) in [6, 6.07) is 8.03. The Balaban J connectivity index is 1.56. The van der Waals surface area contributed by atoms with Gasteiger partial charge in [0, 0.05) is 18.6 Å². The van der Waals surface area contributed by atoms with Crippen molar-refractivity contribution in [2.45, 2.75) is 236 Å². The van der Waals surface area contributed by atoms with Gasteiger partial charge in [-0.2, -0.15) is 8.42 Å². The molecule has 3 N–H and O–H groups in total. The maximum atomic E-state index is 12.6. The number of aliphatic hydroxyl groups is 2. The van der Waals surface area contributed by atoms with E-state index in [1.54, 1.807) is 18.2 Å². The van der Waals surface area contributed by atoms with Crippen molar-refractivity contribution in [3.05, 3.63) is 30.3 Å². The summed E-state index contributed by atoms with van der Waals surface area (Å²) in [5.41, 5.74) is 0. The Hall–Kier alpha value is -1.95. The molecule has 0 aliphatic rings. The van der Waals surface area contributed by atoms with E-state index in [2.05, 4.69) is 13.8 Å². The number of rotatable bonds is 45. The average Bonchev–Trinajstić information content (AvgIpc) is 3.26. The minimum atomic E-state index is -4.70. The highest BCUT2D eigenvalue weighted by Crippen LogP contribution is 2.34. The molecule has 0 saturated carbocycles. The highest BCUT2D eigenvalue weighted by Gasteiger charge is 2.22. The molecule has 0 bridgehead atoms. The van der Waals surface area contributed by atoms with Crippen molar-refractivity contribution in [2.24, 2.45) is 0 Å². The van der Waals surface area contributed by atoms with Crippen molar-refractivity contribution >= 4 is 20.9 Å². The summed E-state index contributed by atoms with van der Waals surface area (Å²) < 4.78 is 58.2. The molecule has 2 aromatic carbocycles. The van der Waals surface area contributed by atoms with Crippen LogP contribution in [0.5, 0.6) is 11.5 Å². The molecule has 0 aliphatic heterocycles. The first kappa shape index (κ1) is 56.2. The van der Waals surface area contributed by atoms with Gasteiger partial charge in [0.05, 0.1) is 13.2 Å². The van der Waals surface area contributed by atoms with Crippen LogP contribution < -0.4 is 9.47 Å². The van der Waals surface area contributed by atoms with Gasteiger partial charge in [-0.1, -0.05) is 219 Å². The van der Waals surface area contributed by atoms with Crippen LogP contribution in [0, 0.1) is 0 Å². The molecule has 0 radical (unpaired) electrons. The summed E-state index contributed by atoms with van der Waals surface area (Å²) in [5, 5.41) is 21.7. The lowest BCUT2D eigenvalue weighted by atomic mass is 10.0. The van der Waals surface area contributed by atoms with Crippen LogP contribution >= 0.6 is 0 Å². The fraction of sp³-hybridized carbons (Fsp3) is 0.808. The zero-order valence-corrected chi connectivity index (χ0v) is 40.4. The van der Waals surface area contributed by atoms with E-state index in [0.717, 1.165) is 25.7 Å². The van der Waals surface area contributed by atoms with E-state index in [0.29, 0.717) is 24.3 Å². The van der Waals surface area contributed by atoms with Crippen molar-refractivity contribution in [2.75, 3.05) is 39.6 Å². The van der Waals surface area contributed by atoms with Gasteiger partial charge in [0.15, 0.2) is 0 Å². The van der Waals surface area contributed by atoms with Crippen molar-refractivity contribution in [3.63, 3.8) is 0 Å². The second-order valence-corrected chi connectivity index (χ2v) is 19.3. The van der Waals surface area contributed by atoms with Gasteiger partial charge in [0.2, 0.25) is 0 Å². The summed E-state index contributed by atoms with van der Waals surface area (Å²) in [4.78, 5) is -0.399. The van der Waals surface area contributed by atoms with E-state index in [1.807, 2.05) is 0 Å². The van der Waals surface area contributed by atoms with Crippen molar-refractivity contribution in [1.29, 1.82) is 0 Å². The topological polar surface area (TPSA) is 132 Å². The lowest BCUT2D eigenvalue weighted by Gasteiger charge is -2.17. The minimum Gasteiger partial charge on any atom is -0.491 e. The molecule has 2 unspecified atom stereocenters. The summed E-state index contributed by atoms with van der Waals surface area (Å²) in [6.45, 7) is 5.65. The van der Waals surface area contributed by atoms with E-state index >= 15 is 0 Å². The Labute approximate surface area is 379 Å². The number of aliphatic hydroxyl groups excluding tert-OH is 2. The maximum absolute atomic E-state index is 12.6. The lowest BCUT2D eigenvalue weighted by molar-refractivity contribution is 0.0104. The quantitative estimate of drug-likeness (QED) is 0.0439. The molecule has 0 spiro atoms. The molecule has 0 aromatic heterocycles. The fourth-order valence-electron chi connectivity index (χ4n) is 8.14. The van der Waals surface area contributed by atoms with Crippen LogP contribution in [0.3, 0.4) is 0 Å². The molecule has 10 heteroatoms. The SMILES string of the molecule is CCCCCCCCCCCCCCCCCCOCC(O)COc1ccc2ccc(OCC(O)COCCCCCCCCCCCCCCCCCC)c(S(=O)(=O)O)c2c1. The number of benzene rings is 2. The molecule has 360 valence electrons. The third-order valence-electron chi connectivity index (χ3n) is 11.9. The van der Waals surface area contributed by atoms with Crippen LogP contribution in [0.4, 0.5) is 0 Å². The summed E-state index contributed by atoms with van der Waals surface area (Å²) >= 11 is 0. The zero-order chi connectivity index (χ0) is 44.8. The number of ether oxygens (including phenoxy) is 4. The molecule has 62 heavy (non-hydrogen) atoms.